The van der Waals surface area contributed by atoms with Crippen LogP contribution >= 0.6 is 0 Å². The highest BCUT2D eigenvalue weighted by Gasteiger charge is 2.51. The summed E-state index contributed by atoms with van der Waals surface area (Å²) in [6.07, 6.45) is 6.80. The van der Waals surface area contributed by atoms with Crippen molar-refractivity contribution in [3.63, 3.8) is 0 Å². The highest BCUT2D eigenvalue weighted by atomic mass is 19.1. The van der Waals surface area contributed by atoms with Crippen LogP contribution in [0.5, 0.6) is 0 Å². The van der Waals surface area contributed by atoms with Crippen molar-refractivity contribution in [2.75, 3.05) is 5.32 Å². The minimum absolute atomic E-state index is 0.0141. The van der Waals surface area contributed by atoms with E-state index in [0.29, 0.717) is 17.3 Å². The van der Waals surface area contributed by atoms with Gasteiger partial charge in [-0.25, -0.2) is 19.3 Å². The van der Waals surface area contributed by atoms with Gasteiger partial charge in [0.25, 0.3) is 5.91 Å². The first-order chi connectivity index (χ1) is 15.0. The third-order valence-corrected chi connectivity index (χ3v) is 6.54. The van der Waals surface area contributed by atoms with Crippen LogP contribution in [0.3, 0.4) is 0 Å². The maximum absolute atomic E-state index is 14.4. The number of anilines is 1. The highest BCUT2D eigenvalue weighted by Crippen LogP contribution is 2.44. The second-order valence-corrected chi connectivity index (χ2v) is 8.46. The van der Waals surface area contributed by atoms with E-state index in [1.165, 1.54) is 6.07 Å². The zero-order valence-electron chi connectivity index (χ0n) is 17.5. The molecule has 6 nitrogen and oxygen atoms in total. The summed E-state index contributed by atoms with van der Waals surface area (Å²) in [4.78, 5) is 28.5. The van der Waals surface area contributed by atoms with Gasteiger partial charge in [0.1, 0.15) is 0 Å². The molecule has 1 N–H and O–H groups in total. The van der Waals surface area contributed by atoms with Crippen LogP contribution in [0.25, 0.3) is 11.4 Å². The Hall–Kier alpha value is -3.35. The van der Waals surface area contributed by atoms with Gasteiger partial charge in [-0.1, -0.05) is 18.2 Å². The molecule has 4 unspecified atom stereocenters. The van der Waals surface area contributed by atoms with Gasteiger partial charge in [-0.05, 0) is 56.4 Å². The fourth-order valence-electron chi connectivity index (χ4n) is 5.03. The standard InChI is InChI=1S/C24H24FN5O/c1-14-10-19(25)23(28-13-14)29-20-11-16-12-21(20)30(15(16)2)24(31)18-7-4-3-6-17(18)22-26-8-5-9-27-22/h3-10,13,15-16,20-21H,11-12H2,1-2H3,(H,28,29). The van der Waals surface area contributed by atoms with Crippen molar-refractivity contribution < 1.29 is 9.18 Å². The lowest BCUT2D eigenvalue weighted by molar-refractivity contribution is 0.0599. The van der Waals surface area contributed by atoms with Gasteiger partial charge in [0.05, 0.1) is 11.6 Å². The number of hydrogen-bond donors (Lipinski definition) is 1. The van der Waals surface area contributed by atoms with E-state index in [9.17, 15) is 9.18 Å². The molecule has 0 spiro atoms. The average molecular weight is 417 g/mol. The third-order valence-electron chi connectivity index (χ3n) is 6.54. The van der Waals surface area contributed by atoms with Gasteiger partial charge in [0.2, 0.25) is 0 Å². The zero-order valence-corrected chi connectivity index (χ0v) is 17.5. The number of carbonyl (C=O) groups is 1. The summed E-state index contributed by atoms with van der Waals surface area (Å²) in [5.41, 5.74) is 2.09. The molecule has 4 atom stereocenters. The molecule has 1 amide bonds. The van der Waals surface area contributed by atoms with Crippen LogP contribution in [-0.4, -0.2) is 43.9 Å². The van der Waals surface area contributed by atoms with Crippen LogP contribution in [0.15, 0.2) is 55.0 Å². The van der Waals surface area contributed by atoms with Crippen molar-refractivity contribution in [3.05, 3.63) is 71.9 Å². The quantitative estimate of drug-likeness (QED) is 0.692. The van der Waals surface area contributed by atoms with Gasteiger partial charge >= 0.3 is 0 Å². The summed E-state index contributed by atoms with van der Waals surface area (Å²) in [6.45, 7) is 3.92. The Bertz CT molecular complexity index is 1120. The molecule has 7 heteroatoms. The number of nitrogens with zero attached hydrogens (tertiary/aromatic N) is 4. The second-order valence-electron chi connectivity index (χ2n) is 8.46. The molecule has 1 aliphatic heterocycles. The Morgan fingerprint density at radius 1 is 1.13 bits per heavy atom. The lowest BCUT2D eigenvalue weighted by Gasteiger charge is -2.38. The molecule has 2 aliphatic rings. The van der Waals surface area contributed by atoms with Crippen molar-refractivity contribution in [1.82, 2.24) is 19.9 Å². The summed E-state index contributed by atoms with van der Waals surface area (Å²) in [5, 5.41) is 3.27. The number of hydrogen-bond acceptors (Lipinski definition) is 5. The molecular weight excluding hydrogens is 393 g/mol. The number of carbonyl (C=O) groups excluding carboxylic acids is 1. The van der Waals surface area contributed by atoms with E-state index in [0.717, 1.165) is 24.0 Å². The minimum Gasteiger partial charge on any atom is -0.363 e. The summed E-state index contributed by atoms with van der Waals surface area (Å²) < 4.78 is 14.4. The normalized spacial score (nSPS) is 24.4. The van der Waals surface area contributed by atoms with E-state index in [4.69, 9.17) is 0 Å². The van der Waals surface area contributed by atoms with Crippen molar-refractivity contribution in [3.8, 4) is 11.4 Å². The Balaban J connectivity index is 1.44. The molecule has 5 rings (SSSR count). The molecule has 3 aromatic rings. The first-order valence-corrected chi connectivity index (χ1v) is 10.6. The SMILES string of the molecule is Cc1cnc(NC2CC3CC2N(C(=O)c2ccccc2-c2ncccn2)C3C)c(F)c1. The molecule has 1 aromatic carbocycles. The number of aromatic nitrogens is 3. The van der Waals surface area contributed by atoms with Gasteiger partial charge in [-0.3, -0.25) is 4.79 Å². The zero-order chi connectivity index (χ0) is 21.5. The van der Waals surface area contributed by atoms with Gasteiger partial charge in [-0.15, -0.1) is 0 Å². The van der Waals surface area contributed by atoms with Crippen molar-refractivity contribution >= 4 is 11.7 Å². The van der Waals surface area contributed by atoms with E-state index < -0.39 is 0 Å². The predicted octanol–water partition coefficient (Wildman–Crippen LogP) is 4.09. The van der Waals surface area contributed by atoms with E-state index in [1.54, 1.807) is 24.7 Å². The number of piperidine rings is 1. The van der Waals surface area contributed by atoms with Crippen LogP contribution < -0.4 is 5.32 Å². The van der Waals surface area contributed by atoms with E-state index in [-0.39, 0.29) is 35.7 Å². The molecule has 1 saturated carbocycles. The number of halogens is 1. The Kier molecular flexibility index (Phi) is 4.88. The first kappa shape index (κ1) is 19.6. The molecule has 2 fully saturated rings. The molecule has 31 heavy (non-hydrogen) atoms. The second kappa shape index (κ2) is 7.72. The van der Waals surface area contributed by atoms with E-state index in [1.807, 2.05) is 36.1 Å². The smallest absolute Gasteiger partial charge is 0.255 e. The number of benzene rings is 1. The van der Waals surface area contributed by atoms with Gasteiger partial charge in [-0.2, -0.15) is 0 Å². The van der Waals surface area contributed by atoms with Gasteiger partial charge in [0, 0.05) is 36.2 Å². The molecule has 0 radical (unpaired) electrons. The molecule has 2 aromatic heterocycles. The number of likely N-dealkylation sites (tertiary alicyclic amines) is 1. The van der Waals surface area contributed by atoms with Crippen LogP contribution in [-0.2, 0) is 0 Å². The van der Waals surface area contributed by atoms with Crippen LogP contribution in [0.4, 0.5) is 10.2 Å². The largest absolute Gasteiger partial charge is 0.363 e. The Morgan fingerprint density at radius 2 is 1.90 bits per heavy atom. The Morgan fingerprint density at radius 3 is 2.65 bits per heavy atom. The molecule has 2 bridgehead atoms. The number of pyridine rings is 1. The number of rotatable bonds is 4. The minimum atomic E-state index is -0.361. The van der Waals surface area contributed by atoms with Gasteiger partial charge < -0.3 is 10.2 Å². The third kappa shape index (κ3) is 3.44. The van der Waals surface area contributed by atoms with Crippen LogP contribution in [0.1, 0.15) is 35.7 Å². The fourth-order valence-corrected chi connectivity index (χ4v) is 5.03. The summed E-state index contributed by atoms with van der Waals surface area (Å²) in [5.74, 6) is 0.762. The first-order valence-electron chi connectivity index (χ1n) is 10.6. The van der Waals surface area contributed by atoms with Crippen molar-refractivity contribution in [2.24, 2.45) is 5.92 Å². The Labute approximate surface area is 180 Å². The monoisotopic (exact) mass is 417 g/mol. The molecule has 1 saturated heterocycles. The maximum atomic E-state index is 14.4. The molecular formula is C24H24FN5O. The summed E-state index contributed by atoms with van der Waals surface area (Å²) in [6, 6.07) is 10.8. The molecule has 1 aliphatic carbocycles. The van der Waals surface area contributed by atoms with E-state index >= 15 is 0 Å². The fraction of sp³-hybridized carbons (Fsp3) is 0.333. The molecule has 158 valence electrons. The van der Waals surface area contributed by atoms with E-state index in [2.05, 4.69) is 27.2 Å². The number of nitrogens with one attached hydrogen (secondary N) is 1. The highest BCUT2D eigenvalue weighted by molar-refractivity contribution is 6.00. The number of fused-ring (bicyclic) bond motifs is 2. The average Bonchev–Trinajstić information content (AvgIpc) is 3.33. The number of amides is 1. The molecule has 3 heterocycles. The summed E-state index contributed by atoms with van der Waals surface area (Å²) in [7, 11) is 0. The van der Waals surface area contributed by atoms with Crippen LogP contribution in [0, 0.1) is 18.7 Å². The summed E-state index contributed by atoms with van der Waals surface area (Å²) >= 11 is 0. The van der Waals surface area contributed by atoms with Crippen molar-refractivity contribution in [1.29, 1.82) is 0 Å². The topological polar surface area (TPSA) is 71.0 Å². The predicted molar refractivity (Wildman–Crippen MR) is 116 cm³/mol. The van der Waals surface area contributed by atoms with Crippen LogP contribution in [0.2, 0.25) is 0 Å². The van der Waals surface area contributed by atoms with Crippen molar-refractivity contribution in [2.45, 2.75) is 44.8 Å². The lowest BCUT2D eigenvalue weighted by atomic mass is 9.96. The lowest BCUT2D eigenvalue weighted by Crippen LogP contribution is -2.51. The maximum Gasteiger partial charge on any atom is 0.255 e. The number of aryl methyl sites for hydroxylation is 1. The van der Waals surface area contributed by atoms with Gasteiger partial charge in [0.15, 0.2) is 17.5 Å².